The first kappa shape index (κ1) is 23.9. The molecule has 1 aromatic carbocycles. The van der Waals surface area contributed by atoms with E-state index < -0.39 is 10.0 Å². The number of hydrogen-bond donors (Lipinski definition) is 2. The van der Waals surface area contributed by atoms with Gasteiger partial charge >= 0.3 is 0 Å². The van der Waals surface area contributed by atoms with Crippen molar-refractivity contribution < 1.29 is 13.2 Å². The van der Waals surface area contributed by atoms with Gasteiger partial charge in [-0.1, -0.05) is 32.8 Å². The van der Waals surface area contributed by atoms with Gasteiger partial charge in [0.05, 0.1) is 4.90 Å². The van der Waals surface area contributed by atoms with Gasteiger partial charge in [-0.3, -0.25) is 4.79 Å². The first-order valence-electron chi connectivity index (χ1n) is 9.46. The molecule has 1 aliphatic rings. The number of carbonyl (C=O) groups excluding carboxylic acids is 1. The molecule has 27 heavy (non-hydrogen) atoms. The van der Waals surface area contributed by atoms with Crippen LogP contribution in [-0.4, -0.2) is 44.3 Å². The smallest absolute Gasteiger partial charge is 0.251 e. The summed E-state index contributed by atoms with van der Waals surface area (Å²) in [6, 6.07) is 4.83. The van der Waals surface area contributed by atoms with Crippen LogP contribution in [0.15, 0.2) is 23.1 Å². The molecule has 1 aromatic rings. The topological polar surface area (TPSA) is 92.5 Å². The predicted octanol–water partition coefficient (Wildman–Crippen LogP) is 2.69. The normalized spacial score (nSPS) is 20.2. The van der Waals surface area contributed by atoms with Crippen LogP contribution in [0.5, 0.6) is 0 Å². The predicted molar refractivity (Wildman–Crippen MR) is 111 cm³/mol. The second kappa shape index (κ2) is 10.4. The Morgan fingerprint density at radius 1 is 1.22 bits per heavy atom. The lowest BCUT2D eigenvalue weighted by molar-refractivity contribution is 0.0907. The van der Waals surface area contributed by atoms with Crippen LogP contribution in [0.25, 0.3) is 0 Å². The first-order valence-corrected chi connectivity index (χ1v) is 10.9. The van der Waals surface area contributed by atoms with Gasteiger partial charge in [0, 0.05) is 24.7 Å². The van der Waals surface area contributed by atoms with Crippen molar-refractivity contribution in [2.75, 3.05) is 19.6 Å². The minimum Gasteiger partial charge on any atom is -0.349 e. The Labute approximate surface area is 169 Å². The summed E-state index contributed by atoms with van der Waals surface area (Å²) in [7, 11) is -3.59. The Morgan fingerprint density at radius 3 is 2.44 bits per heavy atom. The molecule has 6 nitrogen and oxygen atoms in total. The van der Waals surface area contributed by atoms with Crippen molar-refractivity contribution in [1.82, 2.24) is 9.62 Å². The summed E-state index contributed by atoms with van der Waals surface area (Å²) in [5, 5.41) is 3.09. The van der Waals surface area contributed by atoms with Crippen LogP contribution >= 0.6 is 12.4 Å². The molecular weight excluding hydrogens is 386 g/mol. The second-order valence-electron chi connectivity index (χ2n) is 6.93. The number of rotatable bonds is 7. The zero-order chi connectivity index (χ0) is 19.3. The van der Waals surface area contributed by atoms with Crippen molar-refractivity contribution in [3.05, 3.63) is 29.3 Å². The lowest BCUT2D eigenvalue weighted by Crippen LogP contribution is -2.45. The van der Waals surface area contributed by atoms with Crippen LogP contribution in [0.2, 0.25) is 0 Å². The van der Waals surface area contributed by atoms with E-state index in [1.807, 2.05) is 6.92 Å². The number of nitrogens with zero attached hydrogens (tertiary/aromatic N) is 1. The molecule has 0 heterocycles. The first-order chi connectivity index (χ1) is 12.3. The molecule has 0 aliphatic heterocycles. The average Bonchev–Trinajstić information content (AvgIpc) is 2.63. The molecule has 154 valence electrons. The van der Waals surface area contributed by atoms with E-state index in [0.29, 0.717) is 25.2 Å². The van der Waals surface area contributed by atoms with E-state index >= 15 is 0 Å². The van der Waals surface area contributed by atoms with Gasteiger partial charge in [-0.05, 0) is 49.9 Å². The fourth-order valence-electron chi connectivity index (χ4n) is 3.64. The van der Waals surface area contributed by atoms with Crippen LogP contribution in [0.3, 0.4) is 0 Å². The van der Waals surface area contributed by atoms with Crippen molar-refractivity contribution in [2.45, 2.75) is 57.4 Å². The fourth-order valence-corrected chi connectivity index (χ4v) is 5.13. The molecule has 2 atom stereocenters. The number of carbonyl (C=O) groups is 1. The van der Waals surface area contributed by atoms with Crippen molar-refractivity contribution >= 4 is 28.3 Å². The highest BCUT2D eigenvalue weighted by atomic mass is 35.5. The molecule has 1 saturated carbocycles. The van der Waals surface area contributed by atoms with Crippen molar-refractivity contribution in [2.24, 2.45) is 11.7 Å². The summed E-state index contributed by atoms with van der Waals surface area (Å²) in [4.78, 5) is 13.0. The summed E-state index contributed by atoms with van der Waals surface area (Å²) in [6.07, 6.45) is 4.17. The molecule has 8 heteroatoms. The highest BCUT2D eigenvalue weighted by Crippen LogP contribution is 2.25. The van der Waals surface area contributed by atoms with E-state index in [9.17, 15) is 13.2 Å². The Bertz CT molecular complexity index is 736. The second-order valence-corrected chi connectivity index (χ2v) is 8.86. The number of halogens is 1. The van der Waals surface area contributed by atoms with Gasteiger partial charge in [-0.15, -0.1) is 12.4 Å². The molecule has 0 aromatic heterocycles. The van der Waals surface area contributed by atoms with Crippen LogP contribution < -0.4 is 11.1 Å². The molecule has 1 amide bonds. The molecule has 3 N–H and O–H groups in total. The summed E-state index contributed by atoms with van der Waals surface area (Å²) in [5.41, 5.74) is 7.03. The Morgan fingerprint density at radius 2 is 1.85 bits per heavy atom. The Balaban J connectivity index is 0.00000364. The van der Waals surface area contributed by atoms with E-state index in [1.165, 1.54) is 10.4 Å². The van der Waals surface area contributed by atoms with Crippen LogP contribution in [-0.2, 0) is 10.0 Å². The molecule has 2 unspecified atom stereocenters. The van der Waals surface area contributed by atoms with E-state index in [4.69, 9.17) is 5.73 Å². The van der Waals surface area contributed by atoms with Gasteiger partial charge in [0.2, 0.25) is 10.0 Å². The Kier molecular flexibility index (Phi) is 9.21. The fraction of sp³-hybridized carbons (Fsp3) is 0.632. The molecule has 0 bridgehead atoms. The maximum atomic E-state index is 12.8. The van der Waals surface area contributed by atoms with Crippen molar-refractivity contribution in [1.29, 1.82) is 0 Å². The monoisotopic (exact) mass is 417 g/mol. The van der Waals surface area contributed by atoms with E-state index in [1.54, 1.807) is 26.0 Å². The average molecular weight is 418 g/mol. The zero-order valence-electron chi connectivity index (χ0n) is 16.4. The third-order valence-electron chi connectivity index (χ3n) is 5.33. The number of benzene rings is 1. The molecule has 2 rings (SSSR count). The van der Waals surface area contributed by atoms with E-state index in [-0.39, 0.29) is 35.2 Å². The summed E-state index contributed by atoms with van der Waals surface area (Å²) >= 11 is 0. The highest BCUT2D eigenvalue weighted by Gasteiger charge is 2.27. The lowest BCUT2D eigenvalue weighted by Gasteiger charge is -2.31. The number of nitrogens with one attached hydrogen (secondary N) is 1. The standard InChI is InChI=1S/C19H31N3O3S.ClH/c1-4-22(5-2)26(24,25)16-11-10-14(3)17(12-16)19(23)21-18-9-7-6-8-15(18)13-20;/h10-12,15,18H,4-9,13,20H2,1-3H3,(H,21,23);1H. The van der Waals surface area contributed by atoms with Gasteiger partial charge in [0.1, 0.15) is 0 Å². The summed E-state index contributed by atoms with van der Waals surface area (Å²) < 4.78 is 26.9. The number of amides is 1. The molecule has 1 fully saturated rings. The van der Waals surface area contributed by atoms with Crippen molar-refractivity contribution in [3.63, 3.8) is 0 Å². The quantitative estimate of drug-likeness (QED) is 0.713. The minimum absolute atomic E-state index is 0. The van der Waals surface area contributed by atoms with Crippen LogP contribution in [0, 0.1) is 12.8 Å². The lowest BCUT2D eigenvalue weighted by atomic mass is 9.84. The summed E-state index contributed by atoms with van der Waals surface area (Å²) in [5.74, 6) is 0.0695. The van der Waals surface area contributed by atoms with Gasteiger partial charge < -0.3 is 11.1 Å². The van der Waals surface area contributed by atoms with Crippen LogP contribution in [0.4, 0.5) is 0 Å². The Hall–Kier alpha value is -1.15. The van der Waals surface area contributed by atoms with E-state index in [2.05, 4.69) is 5.32 Å². The number of hydrogen-bond acceptors (Lipinski definition) is 4. The number of nitrogens with two attached hydrogens (primary N) is 1. The van der Waals surface area contributed by atoms with Crippen LogP contribution in [0.1, 0.15) is 55.5 Å². The van der Waals surface area contributed by atoms with Gasteiger partial charge in [-0.2, -0.15) is 4.31 Å². The molecular formula is C19H32ClN3O3S. The third-order valence-corrected chi connectivity index (χ3v) is 7.37. The largest absolute Gasteiger partial charge is 0.349 e. The van der Waals surface area contributed by atoms with Gasteiger partial charge in [0.15, 0.2) is 0 Å². The number of sulfonamides is 1. The molecule has 0 spiro atoms. The SMILES string of the molecule is CCN(CC)S(=O)(=O)c1ccc(C)c(C(=O)NC2CCCCC2CN)c1.Cl. The minimum atomic E-state index is -3.59. The third kappa shape index (κ3) is 5.44. The van der Waals surface area contributed by atoms with E-state index in [0.717, 1.165) is 31.2 Å². The molecule has 0 saturated heterocycles. The van der Waals surface area contributed by atoms with Crippen molar-refractivity contribution in [3.8, 4) is 0 Å². The zero-order valence-corrected chi connectivity index (χ0v) is 18.0. The van der Waals surface area contributed by atoms with Gasteiger partial charge in [0.25, 0.3) is 5.91 Å². The van der Waals surface area contributed by atoms with Gasteiger partial charge in [-0.25, -0.2) is 8.42 Å². The molecule has 0 radical (unpaired) electrons. The maximum absolute atomic E-state index is 12.8. The summed E-state index contributed by atoms with van der Waals surface area (Å²) in [6.45, 7) is 6.78. The number of aryl methyl sites for hydroxylation is 1. The maximum Gasteiger partial charge on any atom is 0.251 e. The highest BCUT2D eigenvalue weighted by molar-refractivity contribution is 7.89. The molecule has 1 aliphatic carbocycles.